The van der Waals surface area contributed by atoms with Crippen molar-refractivity contribution in [2.24, 2.45) is 0 Å². The van der Waals surface area contributed by atoms with Crippen molar-refractivity contribution in [2.45, 2.75) is 39.0 Å². The number of hydrogen-bond acceptors (Lipinski definition) is 4. The van der Waals surface area contributed by atoms with Crippen molar-refractivity contribution in [1.82, 2.24) is 15.5 Å². The van der Waals surface area contributed by atoms with Crippen molar-refractivity contribution in [3.8, 4) is 0 Å². The average molecular weight is 197 g/mol. The zero-order valence-corrected chi connectivity index (χ0v) is 9.21. The molecule has 0 amide bonds. The van der Waals surface area contributed by atoms with Gasteiger partial charge in [-0.2, -0.15) is 0 Å². The van der Waals surface area contributed by atoms with E-state index in [2.05, 4.69) is 29.4 Å². The first kappa shape index (κ1) is 11.2. The van der Waals surface area contributed by atoms with E-state index < -0.39 is 0 Å². The SMILES string of the molecule is CCCC(C)c1nnc(CCNC)o1. The molecule has 1 N–H and O–H groups in total. The van der Waals surface area contributed by atoms with Crippen LogP contribution in [0.15, 0.2) is 4.42 Å². The van der Waals surface area contributed by atoms with Crippen LogP contribution >= 0.6 is 0 Å². The van der Waals surface area contributed by atoms with E-state index in [9.17, 15) is 0 Å². The molecule has 0 radical (unpaired) electrons. The molecular formula is C10H19N3O. The first-order valence-corrected chi connectivity index (χ1v) is 5.24. The molecule has 0 saturated heterocycles. The summed E-state index contributed by atoms with van der Waals surface area (Å²) >= 11 is 0. The van der Waals surface area contributed by atoms with Gasteiger partial charge in [0.15, 0.2) is 0 Å². The van der Waals surface area contributed by atoms with Crippen LogP contribution in [-0.2, 0) is 6.42 Å². The molecule has 4 heteroatoms. The maximum atomic E-state index is 5.54. The smallest absolute Gasteiger partial charge is 0.219 e. The van der Waals surface area contributed by atoms with Gasteiger partial charge in [0.25, 0.3) is 0 Å². The summed E-state index contributed by atoms with van der Waals surface area (Å²) in [6.07, 6.45) is 3.06. The minimum Gasteiger partial charge on any atom is -0.425 e. The number of rotatable bonds is 6. The number of aromatic nitrogens is 2. The molecule has 0 aliphatic rings. The van der Waals surface area contributed by atoms with Crippen molar-refractivity contribution >= 4 is 0 Å². The second kappa shape index (κ2) is 5.75. The van der Waals surface area contributed by atoms with Gasteiger partial charge in [0.1, 0.15) is 0 Å². The largest absolute Gasteiger partial charge is 0.425 e. The van der Waals surface area contributed by atoms with Gasteiger partial charge in [0, 0.05) is 18.9 Å². The summed E-state index contributed by atoms with van der Waals surface area (Å²) < 4.78 is 5.54. The molecule has 1 unspecified atom stereocenters. The summed E-state index contributed by atoms with van der Waals surface area (Å²) in [5, 5.41) is 11.1. The number of likely N-dealkylation sites (N-methyl/N-ethyl adjacent to an activating group) is 1. The predicted octanol–water partition coefficient (Wildman–Crippen LogP) is 1.74. The van der Waals surface area contributed by atoms with Crippen LogP contribution in [0.2, 0.25) is 0 Å². The highest BCUT2D eigenvalue weighted by atomic mass is 16.4. The summed E-state index contributed by atoms with van der Waals surface area (Å²) in [4.78, 5) is 0. The van der Waals surface area contributed by atoms with Gasteiger partial charge in [-0.25, -0.2) is 0 Å². The third-order valence-corrected chi connectivity index (χ3v) is 2.21. The first-order valence-electron chi connectivity index (χ1n) is 5.24. The fourth-order valence-electron chi connectivity index (χ4n) is 1.36. The fourth-order valence-corrected chi connectivity index (χ4v) is 1.36. The van der Waals surface area contributed by atoms with Gasteiger partial charge >= 0.3 is 0 Å². The molecule has 14 heavy (non-hydrogen) atoms. The van der Waals surface area contributed by atoms with Crippen molar-refractivity contribution in [3.63, 3.8) is 0 Å². The summed E-state index contributed by atoms with van der Waals surface area (Å²) in [5.74, 6) is 1.89. The minimum absolute atomic E-state index is 0.385. The van der Waals surface area contributed by atoms with Gasteiger partial charge in [-0.05, 0) is 13.5 Å². The van der Waals surface area contributed by atoms with Crippen LogP contribution in [0.4, 0.5) is 0 Å². The average Bonchev–Trinajstić information content (AvgIpc) is 2.63. The maximum Gasteiger partial charge on any atom is 0.219 e. The molecule has 0 fully saturated rings. The van der Waals surface area contributed by atoms with E-state index in [0.29, 0.717) is 5.92 Å². The van der Waals surface area contributed by atoms with E-state index >= 15 is 0 Å². The van der Waals surface area contributed by atoms with E-state index in [-0.39, 0.29) is 0 Å². The van der Waals surface area contributed by atoms with E-state index in [0.717, 1.165) is 37.6 Å². The van der Waals surface area contributed by atoms with Crippen LogP contribution in [0.5, 0.6) is 0 Å². The Kier molecular flexibility index (Phi) is 4.59. The number of nitrogens with zero attached hydrogens (tertiary/aromatic N) is 2. The third-order valence-electron chi connectivity index (χ3n) is 2.21. The molecule has 1 atom stereocenters. The Balaban J connectivity index is 2.49. The van der Waals surface area contributed by atoms with Crippen LogP contribution in [0.25, 0.3) is 0 Å². The topological polar surface area (TPSA) is 51.0 Å². The molecule has 0 saturated carbocycles. The number of hydrogen-bond donors (Lipinski definition) is 1. The summed E-state index contributed by atoms with van der Waals surface area (Å²) in [6.45, 7) is 5.16. The molecule has 0 aliphatic carbocycles. The van der Waals surface area contributed by atoms with E-state index in [1.807, 2.05) is 7.05 Å². The van der Waals surface area contributed by atoms with E-state index in [4.69, 9.17) is 4.42 Å². The highest BCUT2D eigenvalue weighted by Gasteiger charge is 2.12. The van der Waals surface area contributed by atoms with Gasteiger partial charge < -0.3 is 9.73 Å². The first-order chi connectivity index (χ1) is 6.77. The standard InChI is InChI=1S/C10H19N3O/c1-4-5-8(2)10-13-12-9(14-10)6-7-11-3/h8,11H,4-7H2,1-3H3. The molecule has 0 spiro atoms. The predicted molar refractivity (Wildman–Crippen MR) is 55.3 cm³/mol. The van der Waals surface area contributed by atoms with Gasteiger partial charge in [-0.1, -0.05) is 20.3 Å². The van der Waals surface area contributed by atoms with Crippen molar-refractivity contribution in [3.05, 3.63) is 11.8 Å². The van der Waals surface area contributed by atoms with Gasteiger partial charge in [0.05, 0.1) is 0 Å². The molecule has 0 bridgehead atoms. The lowest BCUT2D eigenvalue weighted by Gasteiger charge is -2.02. The van der Waals surface area contributed by atoms with Crippen molar-refractivity contribution < 1.29 is 4.42 Å². The molecule has 1 heterocycles. The van der Waals surface area contributed by atoms with Crippen LogP contribution in [0.1, 0.15) is 44.4 Å². The van der Waals surface area contributed by atoms with Crippen molar-refractivity contribution in [1.29, 1.82) is 0 Å². The highest BCUT2D eigenvalue weighted by Crippen LogP contribution is 2.18. The molecule has 4 nitrogen and oxygen atoms in total. The lowest BCUT2D eigenvalue weighted by Crippen LogP contribution is -2.10. The Labute approximate surface area is 85.1 Å². The molecule has 1 aromatic heterocycles. The zero-order valence-electron chi connectivity index (χ0n) is 9.21. The Morgan fingerprint density at radius 2 is 2.21 bits per heavy atom. The Morgan fingerprint density at radius 1 is 1.43 bits per heavy atom. The number of nitrogens with one attached hydrogen (secondary N) is 1. The quantitative estimate of drug-likeness (QED) is 0.754. The van der Waals surface area contributed by atoms with Gasteiger partial charge in [0.2, 0.25) is 11.8 Å². The molecule has 1 aromatic rings. The minimum atomic E-state index is 0.385. The highest BCUT2D eigenvalue weighted by molar-refractivity contribution is 4.89. The maximum absolute atomic E-state index is 5.54. The van der Waals surface area contributed by atoms with Crippen LogP contribution in [0, 0.1) is 0 Å². The summed E-state index contributed by atoms with van der Waals surface area (Å²) in [5.41, 5.74) is 0. The van der Waals surface area contributed by atoms with Crippen LogP contribution < -0.4 is 5.32 Å². The summed E-state index contributed by atoms with van der Waals surface area (Å²) in [6, 6.07) is 0. The fraction of sp³-hybridized carbons (Fsp3) is 0.800. The summed E-state index contributed by atoms with van der Waals surface area (Å²) in [7, 11) is 1.91. The normalized spacial score (nSPS) is 13.1. The second-order valence-electron chi connectivity index (χ2n) is 3.58. The Bertz CT molecular complexity index is 260. The van der Waals surface area contributed by atoms with Gasteiger partial charge in [-0.15, -0.1) is 10.2 Å². The molecule has 0 aromatic carbocycles. The molecular weight excluding hydrogens is 178 g/mol. The molecule has 0 aliphatic heterocycles. The van der Waals surface area contributed by atoms with E-state index in [1.165, 1.54) is 0 Å². The second-order valence-corrected chi connectivity index (χ2v) is 3.58. The Morgan fingerprint density at radius 3 is 2.86 bits per heavy atom. The van der Waals surface area contributed by atoms with Gasteiger partial charge in [-0.3, -0.25) is 0 Å². The molecule has 1 rings (SSSR count). The van der Waals surface area contributed by atoms with E-state index in [1.54, 1.807) is 0 Å². The zero-order chi connectivity index (χ0) is 10.4. The monoisotopic (exact) mass is 197 g/mol. The lowest BCUT2D eigenvalue weighted by molar-refractivity contribution is 0.411. The Hall–Kier alpha value is -0.900. The van der Waals surface area contributed by atoms with Crippen molar-refractivity contribution in [2.75, 3.05) is 13.6 Å². The van der Waals surface area contributed by atoms with Crippen LogP contribution in [0.3, 0.4) is 0 Å². The molecule has 80 valence electrons. The lowest BCUT2D eigenvalue weighted by atomic mass is 10.1. The third kappa shape index (κ3) is 3.10. The van der Waals surface area contributed by atoms with Crippen LogP contribution in [-0.4, -0.2) is 23.8 Å².